The minimum Gasteiger partial charge on any atom is -0.457 e. The molecule has 0 aromatic heterocycles. The Balaban J connectivity index is 0. The molecule has 0 rings (SSSR count). The number of rotatable bonds is 8. The van der Waals surface area contributed by atoms with Crippen LogP contribution in [0.25, 0.3) is 4.13 Å². The van der Waals surface area contributed by atoms with E-state index in [9.17, 15) is 65.5 Å². The average molecular weight is 538 g/mol. The van der Waals surface area contributed by atoms with Crippen LogP contribution in [-0.4, -0.2) is 84.4 Å². The third-order valence-electron chi connectivity index (χ3n) is 2.68. The van der Waals surface area contributed by atoms with E-state index in [4.69, 9.17) is 4.74 Å². The lowest BCUT2D eigenvalue weighted by atomic mass is 10.5. The Hall–Kier alpha value is -1.67. The fraction of sp³-hybridized carbons (Fsp3) is 0.750. The van der Waals surface area contributed by atoms with Gasteiger partial charge in [0.2, 0.25) is 0 Å². The first-order valence-corrected chi connectivity index (χ1v) is 10.3. The van der Waals surface area contributed by atoms with E-state index in [1.165, 1.54) is 6.08 Å². The van der Waals surface area contributed by atoms with Crippen LogP contribution in [0.4, 0.5) is 43.9 Å². The van der Waals surface area contributed by atoms with Crippen LogP contribution in [-0.2, 0) is 29.6 Å². The van der Waals surface area contributed by atoms with Gasteiger partial charge in [-0.25, -0.2) is 21.6 Å². The molecule has 0 heterocycles. The maximum absolute atomic E-state index is 12.3. The number of alkyl halides is 10. The van der Waals surface area contributed by atoms with E-state index >= 15 is 0 Å². The summed E-state index contributed by atoms with van der Waals surface area (Å²) in [5, 5.41) is -14.0. The predicted octanol–water partition coefficient (Wildman–Crippen LogP) is 2.75. The SMILES string of the molecule is C=CC(=O)OCC[N+](C)(C)C.O=S(=O)([N-]S(=O)(=O)C(F)(F)C(F)(F)F)C(F)(F)C(F)(F)F. The summed E-state index contributed by atoms with van der Waals surface area (Å²) in [4.78, 5) is 10.6. The molecule has 0 aliphatic rings. The smallest absolute Gasteiger partial charge is 0.457 e. The highest BCUT2D eigenvalue weighted by Crippen LogP contribution is 2.47. The van der Waals surface area contributed by atoms with Crippen molar-refractivity contribution in [2.75, 3.05) is 34.3 Å². The molecule has 0 aliphatic carbocycles. The van der Waals surface area contributed by atoms with E-state index in [-0.39, 0.29) is 5.97 Å². The molecule has 32 heavy (non-hydrogen) atoms. The molecule has 0 bridgehead atoms. The number of carbonyl (C=O) groups is 1. The number of esters is 1. The van der Waals surface area contributed by atoms with Crippen LogP contribution >= 0.6 is 0 Å². The molecule has 0 aliphatic heterocycles. The maximum atomic E-state index is 12.3. The second kappa shape index (κ2) is 10.1. The van der Waals surface area contributed by atoms with Crippen molar-refractivity contribution in [1.82, 2.24) is 0 Å². The van der Waals surface area contributed by atoms with Crippen molar-refractivity contribution >= 4 is 26.0 Å². The summed E-state index contributed by atoms with van der Waals surface area (Å²) in [6.45, 7) is 4.57. The van der Waals surface area contributed by atoms with Crippen LogP contribution in [0.5, 0.6) is 0 Å². The highest BCUT2D eigenvalue weighted by molar-refractivity contribution is 8.13. The molecule has 20 heteroatoms. The van der Waals surface area contributed by atoms with Crippen molar-refractivity contribution < 1.29 is 74.8 Å². The first-order valence-electron chi connectivity index (χ1n) is 7.38. The first kappa shape index (κ1) is 32.5. The molecular formula is C12H16F10N2O6S2. The molecule has 8 nitrogen and oxygen atoms in total. The Labute approximate surface area is 175 Å². The van der Waals surface area contributed by atoms with Gasteiger partial charge in [-0.3, -0.25) is 0 Å². The number of hydrogen-bond acceptors (Lipinski definition) is 6. The Kier molecular flexibility index (Phi) is 10.2. The largest absolute Gasteiger partial charge is 0.467 e. The second-order valence-corrected chi connectivity index (χ2v) is 9.96. The fourth-order valence-electron chi connectivity index (χ4n) is 0.994. The Morgan fingerprint density at radius 2 is 1.16 bits per heavy atom. The molecule has 0 unspecified atom stereocenters. The van der Waals surface area contributed by atoms with Gasteiger partial charge in [-0.15, -0.1) is 0 Å². The van der Waals surface area contributed by atoms with Gasteiger partial charge in [0.05, 0.1) is 21.1 Å². The van der Waals surface area contributed by atoms with Crippen LogP contribution < -0.4 is 0 Å². The number of sulfonamides is 2. The van der Waals surface area contributed by atoms with Crippen molar-refractivity contribution in [2.45, 2.75) is 22.9 Å². The molecule has 0 aromatic carbocycles. The van der Waals surface area contributed by atoms with Crippen LogP contribution in [0.15, 0.2) is 12.7 Å². The summed E-state index contributed by atoms with van der Waals surface area (Å²) in [6.07, 6.45) is -12.8. The fourth-order valence-corrected chi connectivity index (χ4v) is 3.36. The molecule has 0 aromatic rings. The van der Waals surface area contributed by atoms with E-state index in [2.05, 4.69) is 6.58 Å². The molecule has 0 spiro atoms. The predicted molar refractivity (Wildman–Crippen MR) is 87.3 cm³/mol. The molecular weight excluding hydrogens is 522 g/mol. The summed E-state index contributed by atoms with van der Waals surface area (Å²) in [7, 11) is -9.11. The van der Waals surface area contributed by atoms with Crippen LogP contribution in [0.1, 0.15) is 0 Å². The number of carbonyl (C=O) groups excluding carboxylic acids is 1. The van der Waals surface area contributed by atoms with Gasteiger partial charge < -0.3 is 13.3 Å². The van der Waals surface area contributed by atoms with E-state index < -0.39 is 42.9 Å². The lowest BCUT2D eigenvalue weighted by molar-refractivity contribution is -0.870. The highest BCUT2D eigenvalue weighted by Gasteiger charge is 2.68. The third kappa shape index (κ3) is 8.70. The lowest BCUT2D eigenvalue weighted by Crippen LogP contribution is -2.48. The summed E-state index contributed by atoms with van der Waals surface area (Å²) in [5.74, 6) is -0.349. The first-order chi connectivity index (χ1) is 13.7. The standard InChI is InChI=1S/C8H16NO2.C4F10NO4S2/c1-5-8(10)11-7-6-9(2,3)4;5-1(6,7)3(11,12)20(16,17)15-21(18,19)4(13,14)2(8,9)10/h5H,1,6-7H2,2-4H3;/q+1;-1. The molecule has 0 N–H and O–H groups in total. The Morgan fingerprint density at radius 3 is 1.38 bits per heavy atom. The van der Waals surface area contributed by atoms with Gasteiger partial charge in [0.15, 0.2) is 20.0 Å². The quantitative estimate of drug-likeness (QED) is 0.204. The van der Waals surface area contributed by atoms with Gasteiger partial charge in [0.25, 0.3) is 0 Å². The minimum atomic E-state index is -7.62. The summed E-state index contributed by atoms with van der Waals surface area (Å²) in [5.41, 5.74) is 0. The molecule has 0 saturated carbocycles. The van der Waals surface area contributed by atoms with Gasteiger partial charge in [0.1, 0.15) is 13.2 Å². The second-order valence-electron chi connectivity index (χ2n) is 6.44. The van der Waals surface area contributed by atoms with Gasteiger partial charge >= 0.3 is 28.8 Å². The molecule has 0 atom stereocenters. The number of likely N-dealkylation sites (N-methyl/N-ethyl adjacent to an activating group) is 1. The van der Waals surface area contributed by atoms with Crippen molar-refractivity contribution in [3.63, 3.8) is 0 Å². The number of ether oxygens (including phenoxy) is 1. The minimum absolute atomic E-state index is 0.349. The number of quaternary nitrogens is 1. The summed E-state index contributed by atoms with van der Waals surface area (Å²) >= 11 is 0. The van der Waals surface area contributed by atoms with Crippen molar-refractivity contribution in [2.24, 2.45) is 0 Å². The lowest BCUT2D eigenvalue weighted by Gasteiger charge is -2.31. The van der Waals surface area contributed by atoms with E-state index in [0.717, 1.165) is 11.0 Å². The summed E-state index contributed by atoms with van der Waals surface area (Å²) in [6, 6.07) is 0. The van der Waals surface area contributed by atoms with Crippen LogP contribution in [0.2, 0.25) is 0 Å². The zero-order chi connectivity index (χ0) is 26.6. The van der Waals surface area contributed by atoms with Crippen molar-refractivity contribution in [1.29, 1.82) is 0 Å². The maximum Gasteiger partial charge on any atom is 0.467 e. The summed E-state index contributed by atoms with van der Waals surface area (Å²) < 4.78 is 167. The van der Waals surface area contributed by atoms with Gasteiger partial charge in [-0.1, -0.05) is 6.58 Å². The number of hydrogen-bond donors (Lipinski definition) is 0. The average Bonchev–Trinajstić information content (AvgIpc) is 2.50. The topological polar surface area (TPSA) is 109 Å². The van der Waals surface area contributed by atoms with Crippen LogP contribution in [0, 0.1) is 0 Å². The molecule has 0 fully saturated rings. The molecule has 0 saturated heterocycles. The molecule has 0 amide bonds. The Bertz CT molecular complexity index is 819. The van der Waals surface area contributed by atoms with Crippen LogP contribution in [0.3, 0.4) is 0 Å². The number of halogens is 10. The zero-order valence-electron chi connectivity index (χ0n) is 16.1. The van der Waals surface area contributed by atoms with E-state index in [1.54, 1.807) is 0 Å². The van der Waals surface area contributed by atoms with Gasteiger partial charge in [0, 0.05) is 6.08 Å². The Morgan fingerprint density at radius 1 is 0.844 bits per heavy atom. The monoisotopic (exact) mass is 538 g/mol. The van der Waals surface area contributed by atoms with Gasteiger partial charge in [-0.05, 0) is 0 Å². The normalized spacial score (nSPS) is 14.3. The molecule has 0 radical (unpaired) electrons. The van der Waals surface area contributed by atoms with Gasteiger partial charge in [-0.2, -0.15) is 43.9 Å². The molecule has 192 valence electrons. The third-order valence-corrected chi connectivity index (χ3v) is 6.01. The van der Waals surface area contributed by atoms with E-state index in [1.807, 2.05) is 21.1 Å². The highest BCUT2D eigenvalue weighted by atomic mass is 32.3. The zero-order valence-corrected chi connectivity index (χ0v) is 17.8. The van der Waals surface area contributed by atoms with E-state index in [0.29, 0.717) is 10.7 Å². The van der Waals surface area contributed by atoms with Crippen molar-refractivity contribution in [3.05, 3.63) is 16.8 Å². The number of nitrogens with zero attached hydrogens (tertiary/aromatic N) is 2. The van der Waals surface area contributed by atoms with Crippen molar-refractivity contribution in [3.8, 4) is 0 Å².